The monoisotopic (exact) mass is 284 g/mol. The van der Waals surface area contributed by atoms with Gasteiger partial charge in [0.05, 0.1) is 18.2 Å². The molecular formula is C12H20N4O2S. The molecule has 0 aliphatic carbocycles. The summed E-state index contributed by atoms with van der Waals surface area (Å²) in [7, 11) is 3.86. The topological polar surface area (TPSA) is 63.4 Å². The largest absolute Gasteiger partial charge is 0.380 e. The molecular weight excluding hydrogens is 264 g/mol. The zero-order chi connectivity index (χ0) is 13.2. The number of nitrogens with one attached hydrogen (secondary N) is 1. The third kappa shape index (κ3) is 2.79. The van der Waals surface area contributed by atoms with Crippen molar-refractivity contribution < 1.29 is 9.26 Å². The third-order valence-electron chi connectivity index (χ3n) is 3.87. The number of nitrogens with zero attached hydrogens (tertiary/aromatic N) is 3. The lowest BCUT2D eigenvalue weighted by Gasteiger charge is -2.29. The molecule has 1 aromatic rings. The van der Waals surface area contributed by atoms with Crippen LogP contribution in [-0.4, -0.2) is 59.9 Å². The molecule has 0 spiro atoms. The summed E-state index contributed by atoms with van der Waals surface area (Å²) in [6.45, 7) is 1.92. The first-order valence-electron chi connectivity index (χ1n) is 6.65. The summed E-state index contributed by atoms with van der Waals surface area (Å²) in [6, 6.07) is 0.406. The Kier molecular flexibility index (Phi) is 4.07. The molecule has 0 bridgehead atoms. The van der Waals surface area contributed by atoms with Gasteiger partial charge in [-0.15, -0.1) is 0 Å². The number of ether oxygens (including phenoxy) is 1. The van der Waals surface area contributed by atoms with Crippen LogP contribution >= 0.6 is 11.8 Å². The fourth-order valence-corrected chi connectivity index (χ4v) is 3.76. The standard InChI is InChI=1S/C12H20N4O2S/c1-16-3-4-19-7-10(16)11-14-12(18-15-11)9-5-8(17-2)6-13-9/h8-10,13H,3-7H2,1-2H3/t8-,9+,10?/m0/s1. The fourth-order valence-electron chi connectivity index (χ4n) is 2.55. The molecule has 3 atom stereocenters. The van der Waals surface area contributed by atoms with E-state index in [0.29, 0.717) is 5.89 Å². The Morgan fingerprint density at radius 2 is 2.42 bits per heavy atom. The van der Waals surface area contributed by atoms with Crippen molar-refractivity contribution in [1.82, 2.24) is 20.4 Å². The predicted molar refractivity (Wildman–Crippen MR) is 73.2 cm³/mol. The minimum atomic E-state index is 0.132. The van der Waals surface area contributed by atoms with E-state index in [9.17, 15) is 0 Å². The van der Waals surface area contributed by atoms with Crippen molar-refractivity contribution in [2.24, 2.45) is 0 Å². The van der Waals surface area contributed by atoms with E-state index in [1.165, 1.54) is 5.75 Å². The number of thioether (sulfide) groups is 1. The van der Waals surface area contributed by atoms with Crippen LogP contribution in [0.15, 0.2) is 4.52 Å². The lowest BCUT2D eigenvalue weighted by atomic mass is 10.2. The summed E-state index contributed by atoms with van der Waals surface area (Å²) < 4.78 is 10.8. The van der Waals surface area contributed by atoms with Gasteiger partial charge >= 0.3 is 0 Å². The number of aromatic nitrogens is 2. The molecule has 19 heavy (non-hydrogen) atoms. The second kappa shape index (κ2) is 5.78. The van der Waals surface area contributed by atoms with Crippen LogP contribution in [0.4, 0.5) is 0 Å². The molecule has 0 aromatic carbocycles. The third-order valence-corrected chi connectivity index (χ3v) is 4.90. The zero-order valence-corrected chi connectivity index (χ0v) is 12.2. The number of methoxy groups -OCH3 is 1. The van der Waals surface area contributed by atoms with E-state index in [2.05, 4.69) is 27.4 Å². The molecule has 1 aromatic heterocycles. The van der Waals surface area contributed by atoms with Crippen LogP contribution in [-0.2, 0) is 4.74 Å². The normalized spacial score (nSPS) is 32.8. The molecule has 7 heteroatoms. The van der Waals surface area contributed by atoms with Gasteiger partial charge in [0.15, 0.2) is 5.82 Å². The first kappa shape index (κ1) is 13.4. The van der Waals surface area contributed by atoms with E-state index in [1.807, 2.05) is 11.8 Å². The van der Waals surface area contributed by atoms with Gasteiger partial charge in [-0.05, 0) is 13.5 Å². The highest BCUT2D eigenvalue weighted by Gasteiger charge is 2.31. The van der Waals surface area contributed by atoms with E-state index < -0.39 is 0 Å². The first-order chi connectivity index (χ1) is 9.28. The van der Waals surface area contributed by atoms with Gasteiger partial charge in [-0.3, -0.25) is 4.90 Å². The van der Waals surface area contributed by atoms with E-state index in [-0.39, 0.29) is 18.2 Å². The van der Waals surface area contributed by atoms with Gasteiger partial charge in [0.1, 0.15) is 0 Å². The second-order valence-corrected chi connectivity index (χ2v) is 6.27. The van der Waals surface area contributed by atoms with E-state index in [0.717, 1.165) is 31.1 Å². The average Bonchev–Trinajstić information content (AvgIpc) is 3.08. The minimum absolute atomic E-state index is 0.132. The smallest absolute Gasteiger partial charge is 0.243 e. The van der Waals surface area contributed by atoms with Crippen molar-refractivity contribution >= 4 is 11.8 Å². The summed E-state index contributed by atoms with van der Waals surface area (Å²) in [5.74, 6) is 3.72. The highest BCUT2D eigenvalue weighted by atomic mass is 32.2. The van der Waals surface area contributed by atoms with Gasteiger partial charge in [-0.1, -0.05) is 5.16 Å². The maximum absolute atomic E-state index is 5.43. The van der Waals surface area contributed by atoms with Crippen LogP contribution in [0, 0.1) is 0 Å². The van der Waals surface area contributed by atoms with Gasteiger partial charge in [-0.2, -0.15) is 16.7 Å². The average molecular weight is 284 g/mol. The van der Waals surface area contributed by atoms with Gasteiger partial charge < -0.3 is 14.6 Å². The quantitative estimate of drug-likeness (QED) is 0.882. The summed E-state index contributed by atoms with van der Waals surface area (Å²) in [5.41, 5.74) is 0. The molecule has 0 radical (unpaired) electrons. The number of hydrogen-bond acceptors (Lipinski definition) is 7. The minimum Gasteiger partial charge on any atom is -0.380 e. The SMILES string of the molecule is CO[C@@H]1CN[C@@H](c2nc(C3CSCCN3C)no2)C1. The van der Waals surface area contributed by atoms with Crippen LogP contribution in [0.3, 0.4) is 0 Å². The van der Waals surface area contributed by atoms with Gasteiger partial charge in [0, 0.05) is 31.7 Å². The summed E-state index contributed by atoms with van der Waals surface area (Å²) in [6.07, 6.45) is 1.14. The van der Waals surface area contributed by atoms with Crippen LogP contribution in [0.2, 0.25) is 0 Å². The predicted octanol–water partition coefficient (Wildman–Crippen LogP) is 0.839. The van der Waals surface area contributed by atoms with Crippen molar-refractivity contribution in [1.29, 1.82) is 0 Å². The maximum atomic E-state index is 5.43. The summed E-state index contributed by atoms with van der Waals surface area (Å²) in [5, 5.41) is 7.53. The van der Waals surface area contributed by atoms with Crippen LogP contribution in [0.1, 0.15) is 30.2 Å². The van der Waals surface area contributed by atoms with Crippen LogP contribution in [0.25, 0.3) is 0 Å². The molecule has 3 rings (SSSR count). The van der Waals surface area contributed by atoms with Gasteiger partial charge in [0.25, 0.3) is 0 Å². The molecule has 2 aliphatic heterocycles. The number of rotatable bonds is 3. The summed E-state index contributed by atoms with van der Waals surface area (Å²) >= 11 is 1.95. The lowest BCUT2D eigenvalue weighted by molar-refractivity contribution is 0.116. The van der Waals surface area contributed by atoms with Crippen molar-refractivity contribution in [2.75, 3.05) is 38.8 Å². The molecule has 1 N–H and O–H groups in total. The van der Waals surface area contributed by atoms with Crippen LogP contribution in [0.5, 0.6) is 0 Å². The van der Waals surface area contributed by atoms with Crippen molar-refractivity contribution in [3.05, 3.63) is 11.7 Å². The molecule has 2 saturated heterocycles. The maximum Gasteiger partial charge on any atom is 0.243 e. The Morgan fingerprint density at radius 3 is 3.16 bits per heavy atom. The molecule has 0 saturated carbocycles. The molecule has 1 unspecified atom stereocenters. The Labute approximate surface area is 117 Å². The van der Waals surface area contributed by atoms with E-state index >= 15 is 0 Å². The van der Waals surface area contributed by atoms with Crippen LogP contribution < -0.4 is 5.32 Å². The van der Waals surface area contributed by atoms with Crippen molar-refractivity contribution in [2.45, 2.75) is 24.6 Å². The Morgan fingerprint density at radius 1 is 1.53 bits per heavy atom. The van der Waals surface area contributed by atoms with Crippen molar-refractivity contribution in [3.63, 3.8) is 0 Å². The first-order valence-corrected chi connectivity index (χ1v) is 7.81. The van der Waals surface area contributed by atoms with E-state index in [4.69, 9.17) is 9.26 Å². The molecule has 2 fully saturated rings. The Hall–Kier alpha value is -0.630. The van der Waals surface area contributed by atoms with Gasteiger partial charge in [-0.25, -0.2) is 0 Å². The van der Waals surface area contributed by atoms with Gasteiger partial charge in [0.2, 0.25) is 5.89 Å². The summed E-state index contributed by atoms with van der Waals surface area (Å²) in [4.78, 5) is 6.88. The lowest BCUT2D eigenvalue weighted by Crippen LogP contribution is -2.33. The molecule has 6 nitrogen and oxygen atoms in total. The molecule has 2 aliphatic rings. The highest BCUT2D eigenvalue weighted by molar-refractivity contribution is 7.99. The number of hydrogen-bond donors (Lipinski definition) is 1. The molecule has 3 heterocycles. The zero-order valence-electron chi connectivity index (χ0n) is 11.3. The second-order valence-electron chi connectivity index (χ2n) is 5.12. The fraction of sp³-hybridized carbons (Fsp3) is 0.833. The highest BCUT2D eigenvalue weighted by Crippen LogP contribution is 2.29. The Balaban J connectivity index is 1.69. The Bertz CT molecular complexity index is 428. The molecule has 0 amide bonds. The van der Waals surface area contributed by atoms with E-state index in [1.54, 1.807) is 7.11 Å². The molecule has 106 valence electrons. The van der Waals surface area contributed by atoms with Crippen molar-refractivity contribution in [3.8, 4) is 0 Å².